The summed E-state index contributed by atoms with van der Waals surface area (Å²) >= 11 is 3.34. The van der Waals surface area contributed by atoms with Gasteiger partial charge in [-0.05, 0) is 40.0 Å². The molecule has 2 aromatic rings. The van der Waals surface area contributed by atoms with Gasteiger partial charge in [0.05, 0.1) is 11.0 Å². The molecule has 3 rings (SSSR count). The first-order valence-electron chi connectivity index (χ1n) is 6.54. The molecular weight excluding hydrogens is 350 g/mol. The molecule has 0 bridgehead atoms. The van der Waals surface area contributed by atoms with Crippen molar-refractivity contribution in [1.29, 1.82) is 0 Å². The summed E-state index contributed by atoms with van der Waals surface area (Å²) < 4.78 is 0.730. The lowest BCUT2D eigenvalue weighted by Gasteiger charge is -2.23. The molecule has 0 radical (unpaired) electrons. The maximum atomic E-state index is 11.8. The number of anilines is 1. The van der Waals surface area contributed by atoms with E-state index in [0.717, 1.165) is 22.0 Å². The lowest BCUT2D eigenvalue weighted by molar-refractivity contribution is -0.112. The van der Waals surface area contributed by atoms with E-state index in [-0.39, 0.29) is 5.56 Å². The Morgan fingerprint density at radius 2 is 2.09 bits per heavy atom. The smallest absolute Gasteiger partial charge is 0.337 e. The molecule has 0 amide bonds. The molecule has 0 unspecified atom stereocenters. The van der Waals surface area contributed by atoms with Crippen molar-refractivity contribution in [3.63, 3.8) is 0 Å². The number of carboxylic acid groups (broad SMARTS) is 1. The second-order valence-electron chi connectivity index (χ2n) is 5.35. The first-order chi connectivity index (χ1) is 10.4. The van der Waals surface area contributed by atoms with Crippen LogP contribution in [0.3, 0.4) is 0 Å². The van der Waals surface area contributed by atoms with Gasteiger partial charge in [-0.1, -0.05) is 0 Å². The van der Waals surface area contributed by atoms with Crippen molar-refractivity contribution >= 4 is 34.0 Å². The fraction of sp³-hybridized carbons (Fsp3) is 0.200. The highest BCUT2D eigenvalue weighted by Crippen LogP contribution is 2.40. The van der Waals surface area contributed by atoms with Crippen molar-refractivity contribution in [2.75, 3.05) is 5.73 Å². The summed E-state index contributed by atoms with van der Waals surface area (Å²) in [6.07, 6.45) is 4.48. The van der Waals surface area contributed by atoms with Gasteiger partial charge in [0, 0.05) is 34.5 Å². The number of aromatic nitrogens is 2. The first kappa shape index (κ1) is 14.6. The van der Waals surface area contributed by atoms with Crippen LogP contribution in [0.15, 0.2) is 29.0 Å². The highest BCUT2D eigenvalue weighted by molar-refractivity contribution is 9.10. The standard InChI is InChI=1S/C15H12BrN3O3/c16-10-2-11(13(17)19-6-10)15(7-20)3-8-1-9(14(21)22)5-18-12(8)4-15/h1-2,5-7H,3-4H2,(H2,17,19)(H,21,22)/t15-/m1/s1. The molecule has 2 aromatic heterocycles. The third-order valence-electron chi connectivity index (χ3n) is 3.94. The zero-order valence-electron chi connectivity index (χ0n) is 11.4. The average Bonchev–Trinajstić information content (AvgIpc) is 2.88. The number of nitrogen functional groups attached to an aromatic ring is 1. The molecule has 22 heavy (non-hydrogen) atoms. The Bertz CT molecular complexity index is 794. The second kappa shape index (κ2) is 5.17. The second-order valence-corrected chi connectivity index (χ2v) is 6.26. The van der Waals surface area contributed by atoms with Gasteiger partial charge in [0.25, 0.3) is 0 Å². The number of nitrogens with two attached hydrogens (primary N) is 1. The Morgan fingerprint density at radius 3 is 2.77 bits per heavy atom. The summed E-state index contributed by atoms with van der Waals surface area (Å²) in [5.41, 5.74) is 7.30. The van der Waals surface area contributed by atoms with Gasteiger partial charge in [0.15, 0.2) is 0 Å². The van der Waals surface area contributed by atoms with Crippen LogP contribution < -0.4 is 5.73 Å². The van der Waals surface area contributed by atoms with Gasteiger partial charge in [-0.2, -0.15) is 0 Å². The average molecular weight is 362 g/mol. The van der Waals surface area contributed by atoms with E-state index in [4.69, 9.17) is 10.8 Å². The van der Waals surface area contributed by atoms with Crippen molar-refractivity contribution in [2.45, 2.75) is 18.3 Å². The molecule has 0 saturated heterocycles. The molecule has 6 nitrogen and oxygen atoms in total. The molecular formula is C15H12BrN3O3. The topological polar surface area (TPSA) is 106 Å². The van der Waals surface area contributed by atoms with Crippen molar-refractivity contribution in [1.82, 2.24) is 9.97 Å². The maximum Gasteiger partial charge on any atom is 0.337 e. The summed E-state index contributed by atoms with van der Waals surface area (Å²) in [5, 5.41) is 9.06. The van der Waals surface area contributed by atoms with Crippen molar-refractivity contribution < 1.29 is 14.7 Å². The highest BCUT2D eigenvalue weighted by atomic mass is 79.9. The molecule has 2 heterocycles. The Labute approximate surface area is 134 Å². The molecule has 112 valence electrons. The highest BCUT2D eigenvalue weighted by Gasteiger charge is 2.41. The van der Waals surface area contributed by atoms with Crippen LogP contribution in [0.25, 0.3) is 0 Å². The van der Waals surface area contributed by atoms with Crippen LogP contribution in [0.2, 0.25) is 0 Å². The van der Waals surface area contributed by atoms with Crippen LogP contribution in [0.1, 0.15) is 27.2 Å². The summed E-state index contributed by atoms with van der Waals surface area (Å²) in [7, 11) is 0. The lowest BCUT2D eigenvalue weighted by Crippen LogP contribution is -2.30. The van der Waals surface area contributed by atoms with Crippen molar-refractivity contribution in [3.8, 4) is 0 Å². The summed E-state index contributed by atoms with van der Waals surface area (Å²) in [6, 6.07) is 3.35. The van der Waals surface area contributed by atoms with E-state index < -0.39 is 11.4 Å². The maximum absolute atomic E-state index is 11.8. The molecule has 1 aliphatic carbocycles. The molecule has 1 atom stereocenters. The van der Waals surface area contributed by atoms with Crippen LogP contribution in [-0.4, -0.2) is 27.3 Å². The fourth-order valence-corrected chi connectivity index (χ4v) is 3.19. The van der Waals surface area contributed by atoms with Gasteiger partial charge >= 0.3 is 5.97 Å². The number of halogens is 1. The first-order valence-corrected chi connectivity index (χ1v) is 7.33. The number of hydrogen-bond acceptors (Lipinski definition) is 5. The minimum absolute atomic E-state index is 0.112. The molecule has 1 aliphatic rings. The van der Waals surface area contributed by atoms with Gasteiger partial charge in [0.2, 0.25) is 0 Å². The van der Waals surface area contributed by atoms with E-state index in [2.05, 4.69) is 25.9 Å². The number of rotatable bonds is 3. The number of fused-ring (bicyclic) bond motifs is 1. The number of carboxylic acids is 1. The van der Waals surface area contributed by atoms with Gasteiger partial charge in [-0.15, -0.1) is 0 Å². The summed E-state index contributed by atoms with van der Waals surface area (Å²) in [4.78, 5) is 31.2. The van der Waals surface area contributed by atoms with Gasteiger partial charge < -0.3 is 15.6 Å². The number of aldehydes is 1. The minimum atomic E-state index is -1.04. The molecule has 0 spiro atoms. The van der Waals surface area contributed by atoms with E-state index >= 15 is 0 Å². The van der Waals surface area contributed by atoms with Crippen LogP contribution in [0.4, 0.5) is 5.82 Å². The Kier molecular flexibility index (Phi) is 3.44. The lowest BCUT2D eigenvalue weighted by atomic mass is 9.79. The molecule has 0 fully saturated rings. The number of aromatic carboxylic acids is 1. The molecule has 0 aliphatic heterocycles. The number of carbonyl (C=O) groups is 2. The van der Waals surface area contributed by atoms with E-state index in [0.29, 0.717) is 24.2 Å². The van der Waals surface area contributed by atoms with Gasteiger partial charge in [-0.3, -0.25) is 4.98 Å². The largest absolute Gasteiger partial charge is 0.478 e. The van der Waals surface area contributed by atoms with Gasteiger partial charge in [0.1, 0.15) is 12.1 Å². The van der Waals surface area contributed by atoms with Crippen molar-refractivity contribution in [2.24, 2.45) is 0 Å². The zero-order valence-corrected chi connectivity index (χ0v) is 13.0. The predicted molar refractivity (Wildman–Crippen MR) is 82.7 cm³/mol. The predicted octanol–water partition coefficient (Wildman–Crippen LogP) is 1.76. The van der Waals surface area contributed by atoms with Crippen LogP contribution in [0, 0.1) is 0 Å². The van der Waals surface area contributed by atoms with E-state index in [9.17, 15) is 9.59 Å². The monoisotopic (exact) mass is 361 g/mol. The third kappa shape index (κ3) is 2.27. The van der Waals surface area contributed by atoms with Crippen LogP contribution in [0.5, 0.6) is 0 Å². The molecule has 3 N–H and O–H groups in total. The zero-order chi connectivity index (χ0) is 15.9. The normalized spacial score (nSPS) is 19.7. The van der Waals surface area contributed by atoms with Crippen molar-refractivity contribution in [3.05, 3.63) is 51.4 Å². The van der Waals surface area contributed by atoms with E-state index in [1.165, 1.54) is 6.20 Å². The fourth-order valence-electron chi connectivity index (χ4n) is 2.85. The number of nitrogens with zero attached hydrogens (tertiary/aromatic N) is 2. The Balaban J connectivity index is 2.09. The van der Waals surface area contributed by atoms with Crippen LogP contribution >= 0.6 is 15.9 Å². The third-order valence-corrected chi connectivity index (χ3v) is 4.38. The molecule has 0 saturated carbocycles. The molecule has 0 aromatic carbocycles. The van der Waals surface area contributed by atoms with E-state index in [1.54, 1.807) is 18.3 Å². The minimum Gasteiger partial charge on any atom is -0.478 e. The summed E-state index contributed by atoms with van der Waals surface area (Å²) in [6.45, 7) is 0. The van der Waals surface area contributed by atoms with E-state index in [1.807, 2.05) is 0 Å². The molecule has 7 heteroatoms. The SMILES string of the molecule is Nc1ncc(Br)cc1[C@]1(C=O)Cc2cc(C(=O)O)cnc2C1. The number of carbonyl (C=O) groups excluding carboxylic acids is 1. The number of hydrogen-bond donors (Lipinski definition) is 2. The Morgan fingerprint density at radius 1 is 1.32 bits per heavy atom. The Hall–Kier alpha value is -2.28. The summed E-state index contributed by atoms with van der Waals surface area (Å²) in [5.74, 6) is -0.746. The van der Waals surface area contributed by atoms with Crippen LogP contribution in [-0.2, 0) is 23.1 Å². The van der Waals surface area contributed by atoms with Gasteiger partial charge in [-0.25, -0.2) is 9.78 Å². The number of pyridine rings is 2. The quantitative estimate of drug-likeness (QED) is 0.806.